The van der Waals surface area contributed by atoms with Gasteiger partial charge < -0.3 is 55.1 Å². The summed E-state index contributed by atoms with van der Waals surface area (Å²) in [5.74, 6) is -4.08. The summed E-state index contributed by atoms with van der Waals surface area (Å²) in [7, 11) is -9.49. The minimum Gasteiger partial charge on any atom is -0.463 e. The van der Waals surface area contributed by atoms with Crippen LogP contribution in [0, 0.1) is 0 Å². The fraction of sp³-hybridized carbons (Fsp3) is 0.744. The van der Waals surface area contributed by atoms with Crippen LogP contribution in [-0.4, -0.2) is 153 Å². The first-order chi connectivity index (χ1) is 32.6. The number of allylic oxidation sites excluding steroid dienone is 4. The van der Waals surface area contributed by atoms with Gasteiger partial charge >= 0.3 is 27.6 Å². The first kappa shape index (κ1) is 65.1. The van der Waals surface area contributed by atoms with Crippen LogP contribution >= 0.6 is 15.6 Å². The van der Waals surface area contributed by atoms with Crippen LogP contribution in [0.5, 0.6) is 0 Å². The number of aliphatic hydroxyl groups excluding tert-OH is 1. The number of ether oxygens (including phenoxy) is 4. The largest absolute Gasteiger partial charge is 0.472 e. The molecule has 4 unspecified atom stereocenters. The predicted octanol–water partition coefficient (Wildman–Crippen LogP) is 2.77. The quantitative estimate of drug-likeness (QED) is 0.0152. The van der Waals surface area contributed by atoms with E-state index in [2.05, 4.69) is 21.3 Å². The first-order valence-corrected chi connectivity index (χ1v) is 25.8. The zero-order valence-corrected chi connectivity index (χ0v) is 42.5. The summed E-state index contributed by atoms with van der Waals surface area (Å²) in [6.07, 6.45) is 8.16. The number of ketones is 1. The molecule has 0 heterocycles. The molecule has 0 fully saturated rings. The lowest BCUT2D eigenvalue weighted by molar-refractivity contribution is -0.150. The number of rotatable bonds is 42. The third kappa shape index (κ3) is 40.5. The zero-order chi connectivity index (χ0) is 52.1. The molecule has 0 aromatic heterocycles. The molecule has 0 spiro atoms. The number of phosphoric ester groups is 2. The molecule has 0 rings (SSSR count). The number of carbonyl (C=O) groups excluding carboxylic acids is 7. The van der Waals surface area contributed by atoms with Crippen LogP contribution in [0.4, 0.5) is 0 Å². The van der Waals surface area contributed by atoms with Gasteiger partial charge in [0.2, 0.25) is 23.6 Å². The molecule has 0 bridgehead atoms. The average Bonchev–Trinajstić information content (AvgIpc) is 3.25. The van der Waals surface area contributed by atoms with Crippen molar-refractivity contribution in [2.45, 2.75) is 143 Å². The number of hydrogen-bond donors (Lipinski definition) is 7. The maximum absolute atomic E-state index is 12.7. The van der Waals surface area contributed by atoms with E-state index in [9.17, 15) is 57.6 Å². The van der Waals surface area contributed by atoms with Crippen molar-refractivity contribution >= 4 is 57.0 Å². The van der Waals surface area contributed by atoms with Crippen LogP contribution in [0.3, 0.4) is 0 Å². The van der Waals surface area contributed by atoms with E-state index in [0.717, 1.165) is 6.42 Å². The molecule has 24 nitrogen and oxygen atoms in total. The van der Waals surface area contributed by atoms with Gasteiger partial charge in [-0.3, -0.25) is 51.7 Å². The summed E-state index contributed by atoms with van der Waals surface area (Å²) < 4.78 is 66.5. The minimum atomic E-state index is -4.75. The first-order valence-electron chi connectivity index (χ1n) is 22.9. The molecule has 7 atom stereocenters. The standard InChI is InChI=1S/C43H76N4O20P2/c1-7-9-11-13-15-42(54)66-34(5)18-22-61-29-36(46-40(52)25-33(4)49)30-64-68(56,57)62-23-19-44-38(50)27-39(51)45-20-24-63-69(58,59)65-31-37(28-60-21-17-32(3)48)47-41(53)26-35(6)67-43(55)16-14-12-10-8-2/h7-10,32,34-37,48H,11-31H2,1-6H3,(H,44,50)(H,45,51)(H,46,52)(H,47,53)(H,56,57)(H,58,59)/b9-7-,10-8-/t32-,34-,35-,36?,37?/m1/s1. The van der Waals surface area contributed by atoms with E-state index in [1.54, 1.807) is 20.8 Å². The fourth-order valence-electron chi connectivity index (χ4n) is 5.42. The molecule has 398 valence electrons. The molecular formula is C43H76N4O20P2. The highest BCUT2D eigenvalue weighted by Gasteiger charge is 2.27. The average molecular weight is 1030 g/mol. The number of Topliss-reactive ketones (excluding diaryl/α,β-unsaturated/α-hetero) is 1. The molecule has 26 heteroatoms. The van der Waals surface area contributed by atoms with Crippen molar-refractivity contribution in [2.24, 2.45) is 0 Å². The molecule has 0 saturated carbocycles. The number of amides is 4. The van der Waals surface area contributed by atoms with Gasteiger partial charge in [0.15, 0.2) is 0 Å². The monoisotopic (exact) mass is 1030 g/mol. The topological polar surface area (TPSA) is 336 Å². The SMILES string of the molecule is C/C=C\CCCC(=O)O[C@H](C)CCOCC(COP(=O)(O)OCCNC(=O)CC(=O)NCCOP(=O)(O)OCC(COCC[C@@H](C)O)NC(=O)C[C@@H](C)OC(=O)CCC/C=C\C)NC(=O)CC(C)=O. The predicted molar refractivity (Wildman–Crippen MR) is 249 cm³/mol. The van der Waals surface area contributed by atoms with Crippen LogP contribution in [0.15, 0.2) is 24.3 Å². The lowest BCUT2D eigenvalue weighted by Gasteiger charge is -2.22. The van der Waals surface area contributed by atoms with E-state index in [0.29, 0.717) is 25.7 Å². The Kier molecular flexibility index (Phi) is 36.6. The third-order valence-corrected chi connectivity index (χ3v) is 10.8. The summed E-state index contributed by atoms with van der Waals surface area (Å²) in [5.41, 5.74) is 0. The lowest BCUT2D eigenvalue weighted by atomic mass is 10.2. The molecule has 0 saturated heterocycles. The lowest BCUT2D eigenvalue weighted by Crippen LogP contribution is -2.42. The van der Waals surface area contributed by atoms with Crippen molar-refractivity contribution in [3.8, 4) is 0 Å². The zero-order valence-electron chi connectivity index (χ0n) is 40.7. The second-order valence-electron chi connectivity index (χ2n) is 15.8. The van der Waals surface area contributed by atoms with Crippen molar-refractivity contribution in [1.82, 2.24) is 21.3 Å². The molecule has 0 aromatic rings. The smallest absolute Gasteiger partial charge is 0.463 e. The number of hydrogen-bond acceptors (Lipinski definition) is 18. The Morgan fingerprint density at radius 1 is 0.580 bits per heavy atom. The number of nitrogens with one attached hydrogen (secondary N) is 4. The van der Waals surface area contributed by atoms with Crippen molar-refractivity contribution < 1.29 is 94.6 Å². The van der Waals surface area contributed by atoms with Crippen LogP contribution < -0.4 is 21.3 Å². The Morgan fingerprint density at radius 2 is 1.03 bits per heavy atom. The van der Waals surface area contributed by atoms with E-state index in [1.165, 1.54) is 6.92 Å². The fourth-order valence-corrected chi connectivity index (χ4v) is 6.95. The van der Waals surface area contributed by atoms with Crippen molar-refractivity contribution in [2.75, 3.05) is 65.9 Å². The molecule has 0 aliphatic rings. The molecule has 7 N–H and O–H groups in total. The number of unbranched alkanes of at least 4 members (excludes halogenated alkanes) is 2. The van der Waals surface area contributed by atoms with Gasteiger partial charge in [-0.25, -0.2) is 9.13 Å². The molecule has 69 heavy (non-hydrogen) atoms. The second-order valence-corrected chi connectivity index (χ2v) is 18.7. The molecular weight excluding hydrogens is 954 g/mol. The highest BCUT2D eigenvalue weighted by Crippen LogP contribution is 2.43. The van der Waals surface area contributed by atoms with Crippen molar-refractivity contribution in [3.63, 3.8) is 0 Å². The summed E-state index contributed by atoms with van der Waals surface area (Å²) >= 11 is 0. The van der Waals surface area contributed by atoms with Crippen molar-refractivity contribution in [3.05, 3.63) is 24.3 Å². The Balaban J connectivity index is 4.77. The molecule has 4 amide bonds. The summed E-state index contributed by atoms with van der Waals surface area (Å²) in [4.78, 5) is 105. The van der Waals surface area contributed by atoms with Gasteiger partial charge in [0.1, 0.15) is 24.4 Å². The molecule has 0 aromatic carbocycles. The Hall–Kier alpha value is -3.93. The Bertz CT molecular complexity index is 1700. The van der Waals surface area contributed by atoms with Gasteiger partial charge in [-0.05, 0) is 73.6 Å². The normalized spacial score (nSPS) is 15.5. The number of aliphatic hydroxyl groups is 1. The maximum atomic E-state index is 12.7. The highest BCUT2D eigenvalue weighted by molar-refractivity contribution is 7.47. The Labute approximate surface area is 404 Å². The van der Waals surface area contributed by atoms with E-state index >= 15 is 0 Å². The van der Waals surface area contributed by atoms with E-state index in [1.807, 2.05) is 38.2 Å². The molecule has 0 aliphatic heterocycles. The summed E-state index contributed by atoms with van der Waals surface area (Å²) in [6.45, 7) is 6.79. The number of phosphoric acid groups is 2. The third-order valence-electron chi connectivity index (χ3n) is 8.80. The minimum absolute atomic E-state index is 0.0980. The number of carbonyl (C=O) groups is 7. The van der Waals surface area contributed by atoms with Crippen molar-refractivity contribution in [1.29, 1.82) is 0 Å². The van der Waals surface area contributed by atoms with E-state index in [-0.39, 0.29) is 71.2 Å². The van der Waals surface area contributed by atoms with Crippen LogP contribution in [0.2, 0.25) is 0 Å². The maximum Gasteiger partial charge on any atom is 0.472 e. The number of esters is 2. The van der Waals surface area contributed by atoms with Crippen LogP contribution in [0.25, 0.3) is 0 Å². The van der Waals surface area contributed by atoms with Gasteiger partial charge in [0.25, 0.3) is 0 Å². The van der Waals surface area contributed by atoms with Gasteiger partial charge in [-0.15, -0.1) is 0 Å². The summed E-state index contributed by atoms with van der Waals surface area (Å²) in [6, 6.07) is -1.94. The van der Waals surface area contributed by atoms with Crippen LogP contribution in [-0.2, 0) is 79.7 Å². The molecule has 0 radical (unpaired) electrons. The van der Waals surface area contributed by atoms with Crippen LogP contribution in [0.1, 0.15) is 112 Å². The highest BCUT2D eigenvalue weighted by atomic mass is 31.2. The van der Waals surface area contributed by atoms with Gasteiger partial charge in [-0.1, -0.05) is 24.3 Å². The summed E-state index contributed by atoms with van der Waals surface area (Å²) in [5, 5.41) is 19.2. The van der Waals surface area contributed by atoms with Gasteiger partial charge in [-0.2, -0.15) is 0 Å². The van der Waals surface area contributed by atoms with E-state index < -0.39 is 121 Å². The molecule has 0 aliphatic carbocycles. The second kappa shape index (κ2) is 38.8. The Morgan fingerprint density at radius 3 is 1.48 bits per heavy atom. The van der Waals surface area contributed by atoms with Gasteiger partial charge in [0.05, 0.1) is 77.3 Å². The van der Waals surface area contributed by atoms with E-state index in [4.69, 9.17) is 37.0 Å². The van der Waals surface area contributed by atoms with Gasteiger partial charge in [0, 0.05) is 39.0 Å².